The van der Waals surface area contributed by atoms with E-state index >= 15 is 0 Å². The van der Waals surface area contributed by atoms with Gasteiger partial charge in [-0.05, 0) is 47.9 Å². The number of halogens is 2. The van der Waals surface area contributed by atoms with Crippen LogP contribution in [0, 0.1) is 5.82 Å². The van der Waals surface area contributed by atoms with E-state index < -0.39 is 0 Å². The topological polar surface area (TPSA) is 44.9 Å². The molecule has 0 unspecified atom stereocenters. The molecule has 0 saturated heterocycles. The molecule has 2 N–H and O–H groups in total. The zero-order valence-electron chi connectivity index (χ0n) is 12.4. The van der Waals surface area contributed by atoms with Gasteiger partial charge in [0.2, 0.25) is 5.91 Å². The molecule has 0 bridgehead atoms. The number of aromatic nitrogens is 1. The van der Waals surface area contributed by atoms with E-state index in [4.69, 9.17) is 11.6 Å². The zero-order chi connectivity index (χ0) is 16.2. The summed E-state index contributed by atoms with van der Waals surface area (Å²) in [5.41, 5.74) is 2.69. The van der Waals surface area contributed by atoms with Crippen molar-refractivity contribution in [3.8, 4) is 0 Å². The van der Waals surface area contributed by atoms with Crippen molar-refractivity contribution in [2.24, 2.45) is 0 Å². The van der Waals surface area contributed by atoms with E-state index in [9.17, 15) is 9.18 Å². The molecule has 1 aromatic heterocycles. The van der Waals surface area contributed by atoms with Crippen LogP contribution in [0.3, 0.4) is 0 Å². The molecule has 0 aliphatic carbocycles. The summed E-state index contributed by atoms with van der Waals surface area (Å²) in [7, 11) is 0. The molecule has 0 atom stereocenters. The number of amides is 1. The third-order valence-corrected chi connectivity index (χ3v) is 3.98. The van der Waals surface area contributed by atoms with E-state index in [1.54, 1.807) is 12.3 Å². The fourth-order valence-electron chi connectivity index (χ4n) is 2.54. The van der Waals surface area contributed by atoms with Gasteiger partial charge in [-0.1, -0.05) is 23.7 Å². The highest BCUT2D eigenvalue weighted by Gasteiger charge is 2.09. The van der Waals surface area contributed by atoms with Gasteiger partial charge in [0, 0.05) is 28.7 Å². The number of rotatable bonds is 5. The Hall–Kier alpha value is -2.33. The lowest BCUT2D eigenvalue weighted by atomic mass is 10.1. The van der Waals surface area contributed by atoms with Crippen LogP contribution < -0.4 is 5.32 Å². The molecular weight excluding hydrogens is 315 g/mol. The van der Waals surface area contributed by atoms with Crippen LogP contribution in [-0.4, -0.2) is 17.4 Å². The molecule has 3 nitrogen and oxygen atoms in total. The first-order valence-electron chi connectivity index (χ1n) is 7.38. The molecule has 0 spiro atoms. The summed E-state index contributed by atoms with van der Waals surface area (Å²) in [5, 5.41) is 4.48. The average Bonchev–Trinajstić information content (AvgIpc) is 2.91. The largest absolute Gasteiger partial charge is 0.361 e. The van der Waals surface area contributed by atoms with Crippen molar-refractivity contribution in [2.75, 3.05) is 6.54 Å². The lowest BCUT2D eigenvalue weighted by Crippen LogP contribution is -2.27. The number of hydrogen-bond donors (Lipinski definition) is 2. The lowest BCUT2D eigenvalue weighted by molar-refractivity contribution is -0.120. The van der Waals surface area contributed by atoms with Crippen molar-refractivity contribution in [1.82, 2.24) is 10.3 Å². The highest BCUT2D eigenvalue weighted by molar-refractivity contribution is 6.30. The Labute approximate surface area is 138 Å². The maximum absolute atomic E-state index is 13.2. The molecular formula is C18H16ClFN2O. The normalized spacial score (nSPS) is 10.9. The molecule has 3 aromatic rings. The first-order valence-corrected chi connectivity index (χ1v) is 7.76. The summed E-state index contributed by atoms with van der Waals surface area (Å²) in [4.78, 5) is 15.0. The van der Waals surface area contributed by atoms with Crippen molar-refractivity contribution < 1.29 is 9.18 Å². The van der Waals surface area contributed by atoms with Gasteiger partial charge in [-0.15, -0.1) is 0 Å². The van der Waals surface area contributed by atoms with Crippen LogP contribution in [0.4, 0.5) is 4.39 Å². The minimum Gasteiger partial charge on any atom is -0.361 e. The Balaban J connectivity index is 1.55. The van der Waals surface area contributed by atoms with Crippen molar-refractivity contribution >= 4 is 28.4 Å². The molecule has 2 aromatic carbocycles. The fraction of sp³-hybridized carbons (Fsp3) is 0.167. The monoisotopic (exact) mass is 330 g/mol. The zero-order valence-corrected chi connectivity index (χ0v) is 13.2. The van der Waals surface area contributed by atoms with E-state index in [0.29, 0.717) is 17.1 Å². The first kappa shape index (κ1) is 15.6. The second-order valence-electron chi connectivity index (χ2n) is 5.41. The van der Waals surface area contributed by atoms with Crippen LogP contribution >= 0.6 is 11.6 Å². The van der Waals surface area contributed by atoms with E-state index in [0.717, 1.165) is 22.9 Å². The molecule has 0 aliphatic rings. The second-order valence-corrected chi connectivity index (χ2v) is 5.84. The van der Waals surface area contributed by atoms with Crippen LogP contribution in [0.25, 0.3) is 10.9 Å². The maximum Gasteiger partial charge on any atom is 0.224 e. The van der Waals surface area contributed by atoms with Gasteiger partial charge in [-0.3, -0.25) is 4.79 Å². The number of carbonyl (C=O) groups excluding carboxylic acids is 1. The van der Waals surface area contributed by atoms with Gasteiger partial charge in [0.25, 0.3) is 0 Å². The third-order valence-electron chi connectivity index (χ3n) is 3.73. The first-order chi connectivity index (χ1) is 11.1. The molecule has 118 valence electrons. The molecule has 23 heavy (non-hydrogen) atoms. The highest BCUT2D eigenvalue weighted by Crippen LogP contribution is 2.19. The Morgan fingerprint density at radius 2 is 1.96 bits per heavy atom. The van der Waals surface area contributed by atoms with Crippen LogP contribution in [0.15, 0.2) is 48.7 Å². The third kappa shape index (κ3) is 3.90. The number of aromatic amines is 1. The van der Waals surface area contributed by atoms with Gasteiger partial charge in [-0.2, -0.15) is 0 Å². The number of benzene rings is 2. The molecule has 0 saturated carbocycles. The Bertz CT molecular complexity index is 827. The second kappa shape index (κ2) is 6.84. The molecule has 0 fully saturated rings. The van der Waals surface area contributed by atoms with Crippen LogP contribution in [0.2, 0.25) is 5.02 Å². The maximum atomic E-state index is 13.2. The summed E-state index contributed by atoms with van der Waals surface area (Å²) < 4.78 is 13.2. The van der Waals surface area contributed by atoms with Gasteiger partial charge in [0.1, 0.15) is 5.82 Å². The molecule has 1 amide bonds. The number of carbonyl (C=O) groups is 1. The fourth-order valence-corrected chi connectivity index (χ4v) is 2.66. The Kier molecular flexibility index (Phi) is 4.63. The van der Waals surface area contributed by atoms with Crippen molar-refractivity contribution in [1.29, 1.82) is 0 Å². The summed E-state index contributed by atoms with van der Waals surface area (Å²) in [6.07, 6.45) is 2.77. The summed E-state index contributed by atoms with van der Waals surface area (Å²) in [6, 6.07) is 12.1. The van der Waals surface area contributed by atoms with Gasteiger partial charge in [-0.25, -0.2) is 4.39 Å². The summed E-state index contributed by atoms with van der Waals surface area (Å²) in [6.45, 7) is 0.567. The van der Waals surface area contributed by atoms with E-state index in [1.807, 2.05) is 24.3 Å². The minimum atomic E-state index is -0.293. The lowest BCUT2D eigenvalue weighted by Gasteiger charge is -2.05. The molecule has 0 aliphatic heterocycles. The SMILES string of the molecule is O=C(Cc1c[nH]c2cc(F)ccc12)NCCc1ccc(Cl)cc1. The predicted molar refractivity (Wildman–Crippen MR) is 90.1 cm³/mol. The van der Waals surface area contributed by atoms with E-state index in [-0.39, 0.29) is 18.1 Å². The molecule has 1 heterocycles. The summed E-state index contributed by atoms with van der Waals surface area (Å²) >= 11 is 5.84. The standard InChI is InChI=1S/C18H16ClFN2O/c19-14-3-1-12(2-4-14)7-8-21-18(23)9-13-11-22-17-10-15(20)5-6-16(13)17/h1-6,10-11,22H,7-9H2,(H,21,23). The quantitative estimate of drug-likeness (QED) is 0.733. The van der Waals surface area contributed by atoms with Crippen LogP contribution in [0.1, 0.15) is 11.1 Å². The van der Waals surface area contributed by atoms with Gasteiger partial charge in [0.05, 0.1) is 6.42 Å². The van der Waals surface area contributed by atoms with Crippen LogP contribution in [-0.2, 0) is 17.6 Å². The highest BCUT2D eigenvalue weighted by atomic mass is 35.5. The summed E-state index contributed by atoms with van der Waals surface area (Å²) in [5.74, 6) is -0.345. The smallest absolute Gasteiger partial charge is 0.224 e. The van der Waals surface area contributed by atoms with Crippen molar-refractivity contribution in [3.63, 3.8) is 0 Å². The van der Waals surface area contributed by atoms with Crippen LogP contribution in [0.5, 0.6) is 0 Å². The Morgan fingerprint density at radius 3 is 2.74 bits per heavy atom. The predicted octanol–water partition coefficient (Wildman–Crippen LogP) is 3.86. The van der Waals surface area contributed by atoms with E-state index in [2.05, 4.69) is 10.3 Å². The van der Waals surface area contributed by atoms with Gasteiger partial charge < -0.3 is 10.3 Å². The van der Waals surface area contributed by atoms with Crippen molar-refractivity contribution in [2.45, 2.75) is 12.8 Å². The molecule has 5 heteroatoms. The van der Waals surface area contributed by atoms with Gasteiger partial charge in [0.15, 0.2) is 0 Å². The van der Waals surface area contributed by atoms with Gasteiger partial charge >= 0.3 is 0 Å². The Morgan fingerprint density at radius 1 is 1.17 bits per heavy atom. The molecule has 0 radical (unpaired) electrons. The average molecular weight is 331 g/mol. The minimum absolute atomic E-state index is 0.0517. The van der Waals surface area contributed by atoms with E-state index in [1.165, 1.54) is 12.1 Å². The number of H-pyrrole nitrogens is 1. The number of fused-ring (bicyclic) bond motifs is 1. The number of hydrogen-bond acceptors (Lipinski definition) is 1. The van der Waals surface area contributed by atoms with Crippen molar-refractivity contribution in [3.05, 3.63) is 70.6 Å². The number of nitrogens with one attached hydrogen (secondary N) is 2. The molecule has 3 rings (SSSR count).